The van der Waals surface area contributed by atoms with Crippen LogP contribution in [0.25, 0.3) is 0 Å². The monoisotopic (exact) mass is 318 g/mol. The number of carbonyl (C=O) groups excluding carboxylic acids is 1. The number of rotatable bonds is 5. The molecule has 2 heterocycles. The molecule has 0 spiro atoms. The normalized spacial score (nSPS) is 27.4. The molecular formula is C18H26N2O3. The van der Waals surface area contributed by atoms with Crippen molar-refractivity contribution in [1.82, 2.24) is 9.80 Å². The first-order valence-corrected chi connectivity index (χ1v) is 8.50. The number of amides is 1. The lowest BCUT2D eigenvalue weighted by Gasteiger charge is -2.40. The van der Waals surface area contributed by atoms with Gasteiger partial charge in [0.2, 0.25) is 5.91 Å². The maximum absolute atomic E-state index is 11.7. The molecule has 1 N–H and O–H groups in total. The number of likely N-dealkylation sites (tertiary alicyclic amines) is 1. The van der Waals surface area contributed by atoms with Crippen LogP contribution in [-0.4, -0.2) is 65.8 Å². The van der Waals surface area contributed by atoms with E-state index in [1.807, 2.05) is 18.2 Å². The van der Waals surface area contributed by atoms with Gasteiger partial charge in [0.05, 0.1) is 24.9 Å². The first-order valence-electron chi connectivity index (χ1n) is 8.50. The minimum absolute atomic E-state index is 0.163. The summed E-state index contributed by atoms with van der Waals surface area (Å²) < 4.78 is 5.82. The molecule has 2 aliphatic rings. The first-order chi connectivity index (χ1) is 11.1. The van der Waals surface area contributed by atoms with Crippen molar-refractivity contribution in [2.45, 2.75) is 38.0 Å². The van der Waals surface area contributed by atoms with E-state index in [-0.39, 0.29) is 18.1 Å². The van der Waals surface area contributed by atoms with Crippen LogP contribution < -0.4 is 0 Å². The van der Waals surface area contributed by atoms with E-state index in [1.54, 1.807) is 4.90 Å². The van der Waals surface area contributed by atoms with Gasteiger partial charge in [0, 0.05) is 32.6 Å². The number of aliphatic hydroxyl groups excluding tert-OH is 1. The molecule has 3 atom stereocenters. The van der Waals surface area contributed by atoms with E-state index >= 15 is 0 Å². The summed E-state index contributed by atoms with van der Waals surface area (Å²) in [5.41, 5.74) is 1.21. The Morgan fingerprint density at radius 1 is 1.30 bits per heavy atom. The zero-order valence-corrected chi connectivity index (χ0v) is 13.7. The van der Waals surface area contributed by atoms with Crippen LogP contribution in [-0.2, 0) is 9.53 Å². The van der Waals surface area contributed by atoms with Gasteiger partial charge in [0.1, 0.15) is 0 Å². The minimum Gasteiger partial charge on any atom is -0.390 e. The Hall–Kier alpha value is -1.43. The third-order valence-electron chi connectivity index (χ3n) is 4.70. The molecule has 1 aromatic rings. The highest BCUT2D eigenvalue weighted by Gasteiger charge is 2.30. The summed E-state index contributed by atoms with van der Waals surface area (Å²) in [6.07, 6.45) is 1.17. The Kier molecular flexibility index (Phi) is 5.30. The van der Waals surface area contributed by atoms with Crippen molar-refractivity contribution < 1.29 is 14.6 Å². The molecule has 0 saturated carbocycles. The predicted octanol–water partition coefficient (Wildman–Crippen LogP) is 1.43. The summed E-state index contributed by atoms with van der Waals surface area (Å²) in [7, 11) is 0. The quantitative estimate of drug-likeness (QED) is 0.892. The van der Waals surface area contributed by atoms with Crippen molar-refractivity contribution in [3.8, 4) is 0 Å². The lowest BCUT2D eigenvalue weighted by molar-refractivity contribution is -0.129. The fourth-order valence-corrected chi connectivity index (χ4v) is 3.53. The minimum atomic E-state index is -0.520. The molecule has 2 fully saturated rings. The topological polar surface area (TPSA) is 53.0 Å². The zero-order valence-electron chi connectivity index (χ0n) is 13.7. The summed E-state index contributed by atoms with van der Waals surface area (Å²) in [6.45, 7) is 5.27. The standard InChI is InChI=1S/C18H26N2O3/c1-14-10-20(12-16(21)11-19-9-5-8-18(19)22)17(13-23-14)15-6-3-2-4-7-15/h2-4,6-7,14,16-17,21H,5,8-13H2,1H3. The van der Waals surface area contributed by atoms with Gasteiger partial charge >= 0.3 is 0 Å². The number of hydrogen-bond acceptors (Lipinski definition) is 4. The van der Waals surface area contributed by atoms with Crippen LogP contribution in [0.2, 0.25) is 0 Å². The van der Waals surface area contributed by atoms with Gasteiger partial charge in [-0.05, 0) is 18.9 Å². The molecule has 0 radical (unpaired) electrons. The summed E-state index contributed by atoms with van der Waals surface area (Å²) in [5.74, 6) is 0.166. The highest BCUT2D eigenvalue weighted by atomic mass is 16.5. The first kappa shape index (κ1) is 16.4. The Labute approximate surface area is 137 Å². The lowest BCUT2D eigenvalue weighted by Crippen LogP contribution is -2.48. The molecule has 3 unspecified atom stereocenters. The van der Waals surface area contributed by atoms with Crippen LogP contribution in [0.15, 0.2) is 30.3 Å². The maximum atomic E-state index is 11.7. The Morgan fingerprint density at radius 3 is 2.78 bits per heavy atom. The Morgan fingerprint density at radius 2 is 2.09 bits per heavy atom. The second-order valence-electron chi connectivity index (χ2n) is 6.62. The molecule has 0 aliphatic carbocycles. The number of benzene rings is 1. The van der Waals surface area contributed by atoms with Crippen LogP contribution in [0, 0.1) is 0 Å². The number of carbonyl (C=O) groups is 1. The third-order valence-corrected chi connectivity index (χ3v) is 4.70. The van der Waals surface area contributed by atoms with Crippen molar-refractivity contribution in [3.05, 3.63) is 35.9 Å². The molecule has 1 amide bonds. The van der Waals surface area contributed by atoms with Gasteiger partial charge in [-0.1, -0.05) is 30.3 Å². The smallest absolute Gasteiger partial charge is 0.222 e. The average molecular weight is 318 g/mol. The number of β-amino-alcohol motifs (C(OH)–C–C–N with tert-alkyl or cyclic N) is 1. The van der Waals surface area contributed by atoms with Crippen molar-refractivity contribution in [2.24, 2.45) is 0 Å². The van der Waals surface area contributed by atoms with Gasteiger partial charge in [-0.25, -0.2) is 0 Å². The largest absolute Gasteiger partial charge is 0.390 e. The van der Waals surface area contributed by atoms with Crippen LogP contribution in [0.4, 0.5) is 0 Å². The van der Waals surface area contributed by atoms with Crippen LogP contribution in [0.5, 0.6) is 0 Å². The van der Waals surface area contributed by atoms with Gasteiger partial charge in [-0.3, -0.25) is 9.69 Å². The molecule has 2 aliphatic heterocycles. The Balaban J connectivity index is 1.63. The molecule has 5 nitrogen and oxygen atoms in total. The van der Waals surface area contributed by atoms with E-state index in [1.165, 1.54) is 5.56 Å². The Bertz CT molecular complexity index is 522. The number of nitrogens with zero attached hydrogens (tertiary/aromatic N) is 2. The van der Waals surface area contributed by atoms with Crippen molar-refractivity contribution in [2.75, 3.05) is 32.8 Å². The fourth-order valence-electron chi connectivity index (χ4n) is 3.53. The number of ether oxygens (including phenoxy) is 1. The van der Waals surface area contributed by atoms with Gasteiger partial charge in [-0.15, -0.1) is 0 Å². The van der Waals surface area contributed by atoms with E-state index in [9.17, 15) is 9.90 Å². The predicted molar refractivity (Wildman–Crippen MR) is 88.0 cm³/mol. The van der Waals surface area contributed by atoms with Crippen molar-refractivity contribution in [3.63, 3.8) is 0 Å². The van der Waals surface area contributed by atoms with E-state index < -0.39 is 6.10 Å². The molecule has 23 heavy (non-hydrogen) atoms. The van der Waals surface area contributed by atoms with Crippen molar-refractivity contribution >= 4 is 5.91 Å². The molecule has 5 heteroatoms. The van der Waals surface area contributed by atoms with E-state index in [0.29, 0.717) is 26.1 Å². The van der Waals surface area contributed by atoms with Gasteiger partial charge in [0.15, 0.2) is 0 Å². The molecular weight excluding hydrogens is 292 g/mol. The highest BCUT2D eigenvalue weighted by Crippen LogP contribution is 2.26. The highest BCUT2D eigenvalue weighted by molar-refractivity contribution is 5.78. The summed E-state index contributed by atoms with van der Waals surface area (Å²) in [4.78, 5) is 15.8. The molecule has 2 saturated heterocycles. The fraction of sp³-hybridized carbons (Fsp3) is 0.611. The SMILES string of the molecule is CC1CN(CC(O)CN2CCCC2=O)C(c2ccccc2)CO1. The summed E-state index contributed by atoms with van der Waals surface area (Å²) in [6, 6.07) is 10.4. The van der Waals surface area contributed by atoms with E-state index in [4.69, 9.17) is 4.74 Å². The van der Waals surface area contributed by atoms with Crippen LogP contribution >= 0.6 is 0 Å². The lowest BCUT2D eigenvalue weighted by atomic mass is 10.0. The molecule has 0 bridgehead atoms. The van der Waals surface area contributed by atoms with Crippen LogP contribution in [0.1, 0.15) is 31.4 Å². The number of hydrogen-bond donors (Lipinski definition) is 1. The van der Waals surface area contributed by atoms with Gasteiger partial charge < -0.3 is 14.7 Å². The average Bonchev–Trinajstić information content (AvgIpc) is 2.93. The van der Waals surface area contributed by atoms with E-state index in [0.717, 1.165) is 19.5 Å². The van der Waals surface area contributed by atoms with Gasteiger partial charge in [0.25, 0.3) is 0 Å². The van der Waals surface area contributed by atoms with Crippen LogP contribution in [0.3, 0.4) is 0 Å². The second-order valence-corrected chi connectivity index (χ2v) is 6.62. The summed E-state index contributed by atoms with van der Waals surface area (Å²) in [5, 5.41) is 10.5. The van der Waals surface area contributed by atoms with Crippen molar-refractivity contribution in [1.29, 1.82) is 0 Å². The number of aliphatic hydroxyl groups is 1. The molecule has 3 rings (SSSR count). The maximum Gasteiger partial charge on any atom is 0.222 e. The van der Waals surface area contributed by atoms with E-state index in [2.05, 4.69) is 24.0 Å². The number of morpholine rings is 1. The van der Waals surface area contributed by atoms with Gasteiger partial charge in [-0.2, -0.15) is 0 Å². The molecule has 126 valence electrons. The third kappa shape index (κ3) is 4.10. The summed E-state index contributed by atoms with van der Waals surface area (Å²) >= 11 is 0. The molecule has 1 aromatic carbocycles. The zero-order chi connectivity index (χ0) is 16.2. The second kappa shape index (κ2) is 7.43. The molecule has 0 aromatic heterocycles.